The molecule has 0 unspecified atom stereocenters. The summed E-state index contributed by atoms with van der Waals surface area (Å²) in [5, 5.41) is 5.52. The summed E-state index contributed by atoms with van der Waals surface area (Å²) in [6, 6.07) is 12.3. The summed E-state index contributed by atoms with van der Waals surface area (Å²) in [6.07, 6.45) is 2.52. The van der Waals surface area contributed by atoms with E-state index in [1.54, 1.807) is 0 Å². The maximum Gasteiger partial charge on any atom is 0.320 e. The molecule has 0 aliphatic carbocycles. The largest absolute Gasteiger partial charge is 0.373 e. The number of urea groups is 1. The van der Waals surface area contributed by atoms with Crippen molar-refractivity contribution < 1.29 is 13.9 Å². The first-order valence-corrected chi connectivity index (χ1v) is 7.56. The van der Waals surface area contributed by atoms with Crippen LogP contribution < -0.4 is 10.6 Å². The van der Waals surface area contributed by atoms with E-state index < -0.39 is 5.82 Å². The Bertz CT molecular complexity index is 649. The summed E-state index contributed by atoms with van der Waals surface area (Å²) >= 11 is 0. The van der Waals surface area contributed by atoms with Crippen LogP contribution in [0.5, 0.6) is 0 Å². The zero-order valence-corrected chi connectivity index (χ0v) is 12.5. The van der Waals surface area contributed by atoms with Gasteiger partial charge in [-0.1, -0.05) is 30.3 Å². The fourth-order valence-corrected chi connectivity index (χ4v) is 2.62. The standard InChI is InChI=1S/C17H18FN3O2/c18-13-6-7-16(19-11-13)21-17(22)20-14-8-9-23-15(10-14)12-4-2-1-3-5-12/h1-7,11,14-15H,8-10H2,(H2,19,20,21,22)/t14-,15-/m1/s1. The Kier molecular flexibility index (Phi) is 4.83. The van der Waals surface area contributed by atoms with Crippen LogP contribution in [0.2, 0.25) is 0 Å². The van der Waals surface area contributed by atoms with Crippen LogP contribution in [0.25, 0.3) is 0 Å². The maximum absolute atomic E-state index is 12.8. The summed E-state index contributed by atoms with van der Waals surface area (Å²) in [5.74, 6) is -0.123. The monoisotopic (exact) mass is 315 g/mol. The molecule has 1 fully saturated rings. The average Bonchev–Trinajstić information content (AvgIpc) is 2.58. The van der Waals surface area contributed by atoms with Crippen molar-refractivity contribution in [1.82, 2.24) is 10.3 Å². The highest BCUT2D eigenvalue weighted by atomic mass is 19.1. The third-order valence-electron chi connectivity index (χ3n) is 3.76. The molecular weight excluding hydrogens is 297 g/mol. The molecule has 3 rings (SSSR count). The molecule has 0 bridgehead atoms. The molecule has 5 nitrogen and oxygen atoms in total. The molecule has 1 aromatic carbocycles. The van der Waals surface area contributed by atoms with Crippen molar-refractivity contribution in [2.24, 2.45) is 0 Å². The Hall–Kier alpha value is -2.47. The van der Waals surface area contributed by atoms with Crippen molar-refractivity contribution in [2.45, 2.75) is 25.0 Å². The Balaban J connectivity index is 1.55. The molecule has 0 radical (unpaired) electrons. The average molecular weight is 315 g/mol. The van der Waals surface area contributed by atoms with Gasteiger partial charge in [-0.05, 0) is 30.5 Å². The quantitative estimate of drug-likeness (QED) is 0.914. The van der Waals surface area contributed by atoms with Crippen LogP contribution in [-0.4, -0.2) is 23.7 Å². The summed E-state index contributed by atoms with van der Waals surface area (Å²) in [4.78, 5) is 15.8. The SMILES string of the molecule is O=C(Nc1ccc(F)cn1)N[C@@H]1CCO[C@@H](c2ccccc2)C1. The summed E-state index contributed by atoms with van der Waals surface area (Å²) in [7, 11) is 0. The van der Waals surface area contributed by atoms with Crippen LogP contribution in [0.4, 0.5) is 15.0 Å². The van der Waals surface area contributed by atoms with Crippen LogP contribution >= 0.6 is 0 Å². The molecule has 2 aromatic rings. The molecule has 1 aliphatic heterocycles. The molecule has 0 saturated carbocycles. The van der Waals surface area contributed by atoms with Gasteiger partial charge in [-0.25, -0.2) is 14.2 Å². The molecule has 1 aliphatic rings. The fourth-order valence-electron chi connectivity index (χ4n) is 2.62. The van der Waals surface area contributed by atoms with Crippen LogP contribution in [0.1, 0.15) is 24.5 Å². The first-order valence-electron chi connectivity index (χ1n) is 7.56. The smallest absolute Gasteiger partial charge is 0.320 e. The number of hydrogen-bond donors (Lipinski definition) is 2. The Morgan fingerprint density at radius 1 is 1.22 bits per heavy atom. The van der Waals surface area contributed by atoms with Crippen molar-refractivity contribution in [3.63, 3.8) is 0 Å². The molecule has 2 heterocycles. The van der Waals surface area contributed by atoms with E-state index in [0.29, 0.717) is 18.8 Å². The van der Waals surface area contributed by atoms with Gasteiger partial charge in [-0.3, -0.25) is 5.32 Å². The number of carbonyl (C=O) groups is 1. The number of anilines is 1. The Labute approximate surface area is 133 Å². The number of benzene rings is 1. The molecule has 2 atom stereocenters. The van der Waals surface area contributed by atoms with Crippen LogP contribution in [0.3, 0.4) is 0 Å². The van der Waals surface area contributed by atoms with Gasteiger partial charge in [0.25, 0.3) is 0 Å². The lowest BCUT2D eigenvalue weighted by Crippen LogP contribution is -2.42. The van der Waals surface area contributed by atoms with E-state index in [4.69, 9.17) is 4.74 Å². The van der Waals surface area contributed by atoms with E-state index in [9.17, 15) is 9.18 Å². The van der Waals surface area contributed by atoms with Gasteiger partial charge >= 0.3 is 6.03 Å². The first kappa shape index (κ1) is 15.4. The fraction of sp³-hybridized carbons (Fsp3) is 0.294. The first-order chi connectivity index (χ1) is 11.2. The number of halogens is 1. The third-order valence-corrected chi connectivity index (χ3v) is 3.76. The second-order valence-corrected chi connectivity index (χ2v) is 5.45. The molecule has 120 valence electrons. The van der Waals surface area contributed by atoms with Gasteiger partial charge in [0, 0.05) is 12.6 Å². The second kappa shape index (κ2) is 7.19. The third kappa shape index (κ3) is 4.26. The predicted octanol–water partition coefficient (Wildman–Crippen LogP) is 3.26. The summed E-state index contributed by atoms with van der Waals surface area (Å²) in [5.41, 5.74) is 1.11. The second-order valence-electron chi connectivity index (χ2n) is 5.45. The number of hydrogen-bond acceptors (Lipinski definition) is 3. The predicted molar refractivity (Wildman–Crippen MR) is 84.5 cm³/mol. The van der Waals surface area contributed by atoms with Crippen molar-refractivity contribution in [3.05, 3.63) is 60.0 Å². The van der Waals surface area contributed by atoms with Gasteiger partial charge in [0.05, 0.1) is 12.3 Å². The lowest BCUT2D eigenvalue weighted by atomic mass is 9.97. The van der Waals surface area contributed by atoms with Crippen LogP contribution in [0, 0.1) is 5.82 Å². The van der Waals surface area contributed by atoms with E-state index in [0.717, 1.165) is 18.2 Å². The zero-order valence-electron chi connectivity index (χ0n) is 12.5. The molecule has 1 saturated heterocycles. The molecule has 2 N–H and O–H groups in total. The van der Waals surface area contributed by atoms with Crippen LogP contribution in [-0.2, 0) is 4.74 Å². The maximum atomic E-state index is 12.8. The molecular formula is C17H18FN3O2. The Morgan fingerprint density at radius 2 is 2.04 bits per heavy atom. The molecule has 6 heteroatoms. The van der Waals surface area contributed by atoms with Crippen molar-refractivity contribution in [1.29, 1.82) is 0 Å². The number of rotatable bonds is 3. The van der Waals surface area contributed by atoms with Crippen molar-refractivity contribution in [3.8, 4) is 0 Å². The molecule has 0 spiro atoms. The number of ether oxygens (including phenoxy) is 1. The van der Waals surface area contributed by atoms with Gasteiger partial charge in [0.2, 0.25) is 0 Å². The van der Waals surface area contributed by atoms with E-state index in [1.807, 2.05) is 30.3 Å². The minimum Gasteiger partial charge on any atom is -0.373 e. The van der Waals surface area contributed by atoms with E-state index in [-0.39, 0.29) is 18.2 Å². The lowest BCUT2D eigenvalue weighted by molar-refractivity contribution is 0.00253. The minimum atomic E-state index is -0.439. The summed E-state index contributed by atoms with van der Waals surface area (Å²) < 4.78 is 18.6. The highest BCUT2D eigenvalue weighted by Gasteiger charge is 2.25. The van der Waals surface area contributed by atoms with Gasteiger partial charge in [-0.15, -0.1) is 0 Å². The molecule has 2 amide bonds. The van der Waals surface area contributed by atoms with E-state index in [2.05, 4.69) is 15.6 Å². The van der Waals surface area contributed by atoms with Crippen molar-refractivity contribution >= 4 is 11.8 Å². The van der Waals surface area contributed by atoms with Crippen LogP contribution in [0.15, 0.2) is 48.7 Å². The van der Waals surface area contributed by atoms with Gasteiger partial charge in [-0.2, -0.15) is 0 Å². The number of pyridine rings is 1. The number of nitrogens with zero attached hydrogens (tertiary/aromatic N) is 1. The normalized spacial score (nSPS) is 20.7. The topological polar surface area (TPSA) is 63.2 Å². The van der Waals surface area contributed by atoms with Gasteiger partial charge < -0.3 is 10.1 Å². The molecule has 1 aromatic heterocycles. The Morgan fingerprint density at radius 3 is 2.78 bits per heavy atom. The number of amides is 2. The molecule has 23 heavy (non-hydrogen) atoms. The van der Waals surface area contributed by atoms with E-state index in [1.165, 1.54) is 12.1 Å². The van der Waals surface area contributed by atoms with Crippen molar-refractivity contribution in [2.75, 3.05) is 11.9 Å². The minimum absolute atomic E-state index is 0.0146. The zero-order chi connectivity index (χ0) is 16.1. The van der Waals surface area contributed by atoms with Gasteiger partial charge in [0.1, 0.15) is 11.6 Å². The highest BCUT2D eigenvalue weighted by molar-refractivity contribution is 5.88. The lowest BCUT2D eigenvalue weighted by Gasteiger charge is -2.30. The number of carbonyl (C=O) groups excluding carboxylic acids is 1. The number of aromatic nitrogens is 1. The summed E-state index contributed by atoms with van der Waals surface area (Å²) in [6.45, 7) is 0.597. The van der Waals surface area contributed by atoms with E-state index >= 15 is 0 Å². The highest BCUT2D eigenvalue weighted by Crippen LogP contribution is 2.27. The number of nitrogens with one attached hydrogen (secondary N) is 2. The van der Waals surface area contributed by atoms with Gasteiger partial charge in [0.15, 0.2) is 0 Å².